The van der Waals surface area contributed by atoms with Gasteiger partial charge in [-0.05, 0) is 51.3 Å². The lowest BCUT2D eigenvalue weighted by Gasteiger charge is -2.19. The Balaban J connectivity index is 2.07. The van der Waals surface area contributed by atoms with E-state index in [-0.39, 0.29) is 0 Å². The highest BCUT2D eigenvalue weighted by Crippen LogP contribution is 2.38. The quantitative estimate of drug-likeness (QED) is 0.893. The van der Waals surface area contributed by atoms with Crippen LogP contribution in [0.2, 0.25) is 0 Å². The van der Waals surface area contributed by atoms with Crippen LogP contribution in [-0.2, 0) is 6.42 Å². The molecule has 1 heterocycles. The molecule has 1 aromatic carbocycles. The second kappa shape index (κ2) is 5.06. The van der Waals surface area contributed by atoms with Crippen LogP contribution in [0.3, 0.4) is 0 Å². The first-order chi connectivity index (χ1) is 9.20. The van der Waals surface area contributed by atoms with Crippen molar-refractivity contribution in [2.75, 3.05) is 7.05 Å². The van der Waals surface area contributed by atoms with Crippen molar-refractivity contribution in [1.29, 1.82) is 0 Å². The standard InChI is InChI=1S/C16H20N2S/c1-10-6-4-7-12(11(10)2)16-18-14-9-5-8-13(17-3)15(14)19-16/h4,6-7,13,17H,5,8-9H2,1-3H3. The summed E-state index contributed by atoms with van der Waals surface area (Å²) in [5, 5.41) is 4.61. The average Bonchev–Trinajstić information content (AvgIpc) is 2.85. The number of aromatic nitrogens is 1. The molecule has 0 radical (unpaired) electrons. The number of benzene rings is 1. The minimum Gasteiger partial charge on any atom is -0.312 e. The third-order valence-corrected chi connectivity index (χ3v) is 5.38. The van der Waals surface area contributed by atoms with E-state index >= 15 is 0 Å². The lowest BCUT2D eigenvalue weighted by Crippen LogP contribution is -2.19. The maximum Gasteiger partial charge on any atom is 0.124 e. The molecule has 0 amide bonds. The highest BCUT2D eigenvalue weighted by molar-refractivity contribution is 7.15. The average molecular weight is 272 g/mol. The van der Waals surface area contributed by atoms with Gasteiger partial charge in [0.1, 0.15) is 5.01 Å². The number of nitrogens with one attached hydrogen (secondary N) is 1. The summed E-state index contributed by atoms with van der Waals surface area (Å²) in [6, 6.07) is 7.00. The Morgan fingerprint density at radius 1 is 1.32 bits per heavy atom. The predicted molar refractivity (Wildman–Crippen MR) is 81.8 cm³/mol. The van der Waals surface area contributed by atoms with Crippen molar-refractivity contribution in [2.24, 2.45) is 0 Å². The molecule has 0 saturated carbocycles. The topological polar surface area (TPSA) is 24.9 Å². The highest BCUT2D eigenvalue weighted by atomic mass is 32.1. The van der Waals surface area contributed by atoms with Crippen LogP contribution in [0.25, 0.3) is 10.6 Å². The van der Waals surface area contributed by atoms with Gasteiger partial charge in [-0.1, -0.05) is 18.2 Å². The number of hydrogen-bond donors (Lipinski definition) is 1. The van der Waals surface area contributed by atoms with Crippen molar-refractivity contribution in [3.8, 4) is 10.6 Å². The van der Waals surface area contributed by atoms with Gasteiger partial charge in [-0.15, -0.1) is 11.3 Å². The van der Waals surface area contributed by atoms with Gasteiger partial charge in [-0.3, -0.25) is 0 Å². The first-order valence-corrected chi connectivity index (χ1v) is 7.76. The number of aryl methyl sites for hydroxylation is 2. The zero-order valence-corrected chi connectivity index (χ0v) is 12.6. The van der Waals surface area contributed by atoms with Crippen molar-refractivity contribution in [3.63, 3.8) is 0 Å². The molecule has 1 N–H and O–H groups in total. The number of hydrogen-bond acceptors (Lipinski definition) is 3. The summed E-state index contributed by atoms with van der Waals surface area (Å²) >= 11 is 1.87. The van der Waals surface area contributed by atoms with Crippen LogP contribution < -0.4 is 5.32 Å². The Morgan fingerprint density at radius 3 is 2.95 bits per heavy atom. The Kier molecular flexibility index (Phi) is 3.42. The van der Waals surface area contributed by atoms with Gasteiger partial charge in [0.2, 0.25) is 0 Å². The molecule has 1 aromatic heterocycles. The summed E-state index contributed by atoms with van der Waals surface area (Å²) in [4.78, 5) is 6.35. The third-order valence-electron chi connectivity index (χ3n) is 4.13. The molecule has 0 saturated heterocycles. The summed E-state index contributed by atoms with van der Waals surface area (Å²) in [5.74, 6) is 0. The van der Waals surface area contributed by atoms with Gasteiger partial charge in [-0.25, -0.2) is 4.98 Å². The first-order valence-electron chi connectivity index (χ1n) is 6.94. The minimum atomic E-state index is 0.500. The van der Waals surface area contributed by atoms with E-state index < -0.39 is 0 Å². The van der Waals surface area contributed by atoms with E-state index in [9.17, 15) is 0 Å². The van der Waals surface area contributed by atoms with Crippen LogP contribution in [0, 0.1) is 13.8 Å². The molecule has 1 aliphatic carbocycles. The van der Waals surface area contributed by atoms with Gasteiger partial charge >= 0.3 is 0 Å². The van der Waals surface area contributed by atoms with Gasteiger partial charge in [0, 0.05) is 16.5 Å². The molecule has 19 heavy (non-hydrogen) atoms. The van der Waals surface area contributed by atoms with E-state index in [1.165, 1.54) is 45.1 Å². The lowest BCUT2D eigenvalue weighted by atomic mass is 9.98. The zero-order valence-electron chi connectivity index (χ0n) is 11.8. The molecular formula is C16H20N2S. The normalized spacial score (nSPS) is 18.4. The SMILES string of the molecule is CNC1CCCc2nc(-c3cccc(C)c3C)sc21. The molecule has 1 aliphatic rings. The van der Waals surface area contributed by atoms with Gasteiger partial charge < -0.3 is 5.32 Å². The summed E-state index contributed by atoms with van der Waals surface area (Å²) in [6.45, 7) is 4.36. The van der Waals surface area contributed by atoms with Crippen molar-refractivity contribution in [3.05, 3.63) is 39.9 Å². The van der Waals surface area contributed by atoms with Gasteiger partial charge in [0.05, 0.1) is 5.69 Å². The van der Waals surface area contributed by atoms with Gasteiger partial charge in [0.15, 0.2) is 0 Å². The molecule has 3 rings (SSSR count). The van der Waals surface area contributed by atoms with E-state index in [0.717, 1.165) is 6.42 Å². The molecule has 1 atom stereocenters. The van der Waals surface area contributed by atoms with Crippen LogP contribution in [-0.4, -0.2) is 12.0 Å². The van der Waals surface area contributed by atoms with E-state index in [0.29, 0.717) is 6.04 Å². The fourth-order valence-corrected chi connectivity index (χ4v) is 4.13. The van der Waals surface area contributed by atoms with E-state index in [4.69, 9.17) is 4.98 Å². The second-order valence-electron chi connectivity index (χ2n) is 5.31. The molecule has 2 aromatic rings. The highest BCUT2D eigenvalue weighted by Gasteiger charge is 2.24. The van der Waals surface area contributed by atoms with Crippen LogP contribution in [0.5, 0.6) is 0 Å². The Labute approximate surface area is 118 Å². The predicted octanol–water partition coefficient (Wildman–Crippen LogP) is 4.02. The maximum atomic E-state index is 4.90. The fraction of sp³-hybridized carbons (Fsp3) is 0.438. The Morgan fingerprint density at radius 2 is 2.16 bits per heavy atom. The van der Waals surface area contributed by atoms with Gasteiger partial charge in [-0.2, -0.15) is 0 Å². The minimum absolute atomic E-state index is 0.500. The monoisotopic (exact) mass is 272 g/mol. The Bertz CT molecular complexity index is 601. The van der Waals surface area contributed by atoms with Gasteiger partial charge in [0.25, 0.3) is 0 Å². The lowest BCUT2D eigenvalue weighted by molar-refractivity contribution is 0.501. The molecule has 3 heteroatoms. The molecule has 2 nitrogen and oxygen atoms in total. The van der Waals surface area contributed by atoms with E-state index in [2.05, 4.69) is 44.4 Å². The summed E-state index contributed by atoms with van der Waals surface area (Å²) in [7, 11) is 2.05. The third kappa shape index (κ3) is 2.21. The smallest absolute Gasteiger partial charge is 0.124 e. The van der Waals surface area contributed by atoms with Crippen molar-refractivity contribution in [2.45, 2.75) is 39.2 Å². The Hall–Kier alpha value is -1.19. The molecule has 0 fully saturated rings. The summed E-state index contributed by atoms with van der Waals surface area (Å²) in [6.07, 6.45) is 3.61. The first kappa shape index (κ1) is 12.8. The fourth-order valence-electron chi connectivity index (χ4n) is 2.79. The molecule has 0 aliphatic heterocycles. The molecule has 0 bridgehead atoms. The van der Waals surface area contributed by atoms with Crippen molar-refractivity contribution < 1.29 is 0 Å². The molecule has 0 spiro atoms. The number of thiazole rings is 1. The maximum absolute atomic E-state index is 4.90. The largest absolute Gasteiger partial charge is 0.312 e. The van der Waals surface area contributed by atoms with Crippen LogP contribution in [0.15, 0.2) is 18.2 Å². The number of fused-ring (bicyclic) bond motifs is 1. The van der Waals surface area contributed by atoms with Crippen molar-refractivity contribution >= 4 is 11.3 Å². The van der Waals surface area contributed by atoms with Crippen LogP contribution in [0.1, 0.15) is 40.6 Å². The van der Waals surface area contributed by atoms with E-state index in [1.807, 2.05) is 11.3 Å². The van der Waals surface area contributed by atoms with E-state index in [1.54, 1.807) is 0 Å². The zero-order chi connectivity index (χ0) is 13.4. The van der Waals surface area contributed by atoms with Crippen molar-refractivity contribution in [1.82, 2.24) is 10.3 Å². The molecular weight excluding hydrogens is 252 g/mol. The van der Waals surface area contributed by atoms with Crippen LogP contribution in [0.4, 0.5) is 0 Å². The summed E-state index contributed by atoms with van der Waals surface area (Å²) in [5.41, 5.74) is 5.31. The number of rotatable bonds is 2. The number of nitrogens with zero attached hydrogens (tertiary/aromatic N) is 1. The summed E-state index contributed by atoms with van der Waals surface area (Å²) < 4.78 is 0. The van der Waals surface area contributed by atoms with Crippen LogP contribution >= 0.6 is 11.3 Å². The molecule has 100 valence electrons. The molecule has 1 unspecified atom stereocenters. The second-order valence-corrected chi connectivity index (χ2v) is 6.34.